The molecular weight excluding hydrogens is 214 g/mol. The molecule has 0 aliphatic carbocycles. The molecule has 3 nitrogen and oxygen atoms in total. The van der Waals surface area contributed by atoms with Gasteiger partial charge < -0.3 is 5.21 Å². The van der Waals surface area contributed by atoms with Gasteiger partial charge in [-0.1, -0.05) is 23.7 Å². The number of hydrogen-bond acceptors (Lipinski definition) is 3. The van der Waals surface area contributed by atoms with Crippen LogP contribution < -0.4 is 0 Å². The van der Waals surface area contributed by atoms with Gasteiger partial charge in [0.15, 0.2) is 5.78 Å². The molecule has 15 heavy (non-hydrogen) atoms. The third-order valence-electron chi connectivity index (χ3n) is 2.08. The van der Waals surface area contributed by atoms with Crippen LogP contribution in [0.4, 0.5) is 0 Å². The molecule has 1 rings (SSSR count). The smallest absolute Gasteiger partial charge is 0.180 e. The number of nitrogens with zero attached hydrogens (tertiary/aromatic N) is 1. The van der Waals surface area contributed by atoms with Crippen molar-refractivity contribution in [2.75, 3.05) is 6.54 Å². The molecule has 1 N–H and O–H groups in total. The Morgan fingerprint density at radius 3 is 2.60 bits per heavy atom. The van der Waals surface area contributed by atoms with Gasteiger partial charge in [0.1, 0.15) is 0 Å². The largest absolute Gasteiger partial charge is 0.313 e. The lowest BCUT2D eigenvalue weighted by molar-refractivity contribution is -0.107. The molecule has 0 amide bonds. The highest BCUT2D eigenvalue weighted by Gasteiger charge is 2.14. The van der Waals surface area contributed by atoms with Gasteiger partial charge in [0.2, 0.25) is 0 Å². The average molecular weight is 228 g/mol. The van der Waals surface area contributed by atoms with Crippen LogP contribution in [0.15, 0.2) is 24.3 Å². The van der Waals surface area contributed by atoms with Crippen molar-refractivity contribution in [1.29, 1.82) is 0 Å². The maximum Gasteiger partial charge on any atom is 0.180 e. The summed E-state index contributed by atoms with van der Waals surface area (Å²) in [6, 6.07) is 6.73. The van der Waals surface area contributed by atoms with Crippen molar-refractivity contribution in [2.45, 2.75) is 19.9 Å². The molecule has 0 heterocycles. The number of hydroxylamine groups is 2. The molecule has 0 bridgehead atoms. The number of ketones is 1. The number of halogens is 1. The maximum absolute atomic E-state index is 11.7. The summed E-state index contributed by atoms with van der Waals surface area (Å²) in [6.45, 7) is 3.57. The van der Waals surface area contributed by atoms with E-state index in [1.54, 1.807) is 38.1 Å². The Bertz CT molecular complexity index is 352. The summed E-state index contributed by atoms with van der Waals surface area (Å²) in [5, 5.41) is 10.8. The van der Waals surface area contributed by atoms with Crippen LogP contribution in [0, 0.1) is 0 Å². The molecule has 0 unspecified atom stereocenters. The highest BCUT2D eigenvalue weighted by Crippen LogP contribution is 2.15. The van der Waals surface area contributed by atoms with Crippen molar-refractivity contribution in [3.05, 3.63) is 34.9 Å². The van der Waals surface area contributed by atoms with E-state index in [1.807, 2.05) is 0 Å². The van der Waals surface area contributed by atoms with Crippen molar-refractivity contribution < 1.29 is 10.0 Å². The molecule has 0 aromatic heterocycles. The van der Waals surface area contributed by atoms with Gasteiger partial charge in [0.05, 0.1) is 11.6 Å². The van der Waals surface area contributed by atoms with Gasteiger partial charge in [-0.3, -0.25) is 4.79 Å². The first kappa shape index (κ1) is 12.2. The summed E-state index contributed by atoms with van der Waals surface area (Å²) in [4.78, 5) is 11.7. The second-order valence-corrected chi connectivity index (χ2v) is 4.00. The number of benzene rings is 1. The zero-order chi connectivity index (χ0) is 11.4. The molecule has 0 fully saturated rings. The molecule has 0 radical (unpaired) electrons. The Balaban J connectivity index is 2.74. The average Bonchev–Trinajstić information content (AvgIpc) is 2.18. The summed E-state index contributed by atoms with van der Waals surface area (Å²) in [5.74, 6) is -0.184. The molecule has 0 aliphatic rings. The second-order valence-electron chi connectivity index (χ2n) is 3.59. The number of carbonyl (C=O) groups is 1. The van der Waals surface area contributed by atoms with Crippen LogP contribution in [0.3, 0.4) is 0 Å². The highest BCUT2D eigenvalue weighted by molar-refractivity contribution is 6.34. The van der Waals surface area contributed by atoms with Gasteiger partial charge in [-0.05, 0) is 26.0 Å². The Morgan fingerprint density at radius 1 is 1.47 bits per heavy atom. The predicted octanol–water partition coefficient (Wildman–Crippen LogP) is 2.62. The number of hydrogen-bond donors (Lipinski definition) is 1. The molecular formula is C11H14ClNO2. The minimum Gasteiger partial charge on any atom is -0.313 e. The van der Waals surface area contributed by atoms with Crippen molar-refractivity contribution >= 4 is 17.4 Å². The van der Waals surface area contributed by atoms with E-state index in [0.29, 0.717) is 10.6 Å². The van der Waals surface area contributed by atoms with E-state index < -0.39 is 0 Å². The summed E-state index contributed by atoms with van der Waals surface area (Å²) >= 11 is 5.86. The fourth-order valence-electron chi connectivity index (χ4n) is 1.10. The summed E-state index contributed by atoms with van der Waals surface area (Å²) in [5.41, 5.74) is 0.443. The normalized spacial score (nSPS) is 11.1. The zero-order valence-electron chi connectivity index (χ0n) is 8.77. The fourth-order valence-corrected chi connectivity index (χ4v) is 1.34. The van der Waals surface area contributed by atoms with Crippen LogP contribution >= 0.6 is 11.6 Å². The molecule has 82 valence electrons. The van der Waals surface area contributed by atoms with E-state index in [0.717, 1.165) is 5.06 Å². The lowest BCUT2D eigenvalue weighted by Crippen LogP contribution is -2.32. The SMILES string of the molecule is CC(C)N(O)CC(=O)c1ccccc1Cl. The van der Waals surface area contributed by atoms with Crippen molar-refractivity contribution in [3.8, 4) is 0 Å². The van der Waals surface area contributed by atoms with Gasteiger partial charge in [-0.15, -0.1) is 0 Å². The molecule has 0 saturated heterocycles. The molecule has 0 atom stereocenters. The lowest BCUT2D eigenvalue weighted by atomic mass is 10.1. The highest BCUT2D eigenvalue weighted by atomic mass is 35.5. The first-order valence-electron chi connectivity index (χ1n) is 4.75. The molecule has 1 aromatic rings. The molecule has 1 aromatic carbocycles. The lowest BCUT2D eigenvalue weighted by Gasteiger charge is -2.17. The van der Waals surface area contributed by atoms with Gasteiger partial charge in [-0.25, -0.2) is 0 Å². The number of Topliss-reactive ketones (excluding diaryl/α,β-unsaturated/α-hetero) is 1. The van der Waals surface area contributed by atoms with Gasteiger partial charge in [-0.2, -0.15) is 5.06 Å². The van der Waals surface area contributed by atoms with Crippen LogP contribution in [0.1, 0.15) is 24.2 Å². The molecule has 0 aliphatic heterocycles. The van der Waals surface area contributed by atoms with Gasteiger partial charge >= 0.3 is 0 Å². The van der Waals surface area contributed by atoms with Crippen LogP contribution in [-0.2, 0) is 0 Å². The fraction of sp³-hybridized carbons (Fsp3) is 0.364. The van der Waals surface area contributed by atoms with Crippen LogP contribution in [0.5, 0.6) is 0 Å². The van der Waals surface area contributed by atoms with Crippen molar-refractivity contribution in [1.82, 2.24) is 5.06 Å². The Labute approximate surface area is 94.2 Å². The quantitative estimate of drug-likeness (QED) is 0.635. The minimum atomic E-state index is -0.184. The maximum atomic E-state index is 11.7. The second kappa shape index (κ2) is 5.26. The van der Waals surface area contributed by atoms with Gasteiger partial charge in [0, 0.05) is 11.6 Å². The van der Waals surface area contributed by atoms with Crippen LogP contribution in [-0.4, -0.2) is 28.6 Å². The van der Waals surface area contributed by atoms with Gasteiger partial charge in [0.25, 0.3) is 0 Å². The first-order valence-corrected chi connectivity index (χ1v) is 5.13. The van der Waals surface area contributed by atoms with E-state index in [-0.39, 0.29) is 18.4 Å². The summed E-state index contributed by atoms with van der Waals surface area (Å²) in [7, 11) is 0. The third kappa shape index (κ3) is 3.30. The van der Waals surface area contributed by atoms with Crippen LogP contribution in [0.25, 0.3) is 0 Å². The van der Waals surface area contributed by atoms with E-state index in [1.165, 1.54) is 0 Å². The topological polar surface area (TPSA) is 40.5 Å². The molecule has 0 saturated carbocycles. The van der Waals surface area contributed by atoms with Crippen molar-refractivity contribution in [3.63, 3.8) is 0 Å². The number of rotatable bonds is 4. The van der Waals surface area contributed by atoms with Crippen LogP contribution in [0.2, 0.25) is 5.02 Å². The Morgan fingerprint density at radius 2 is 2.07 bits per heavy atom. The molecule has 4 heteroatoms. The predicted molar refractivity (Wildman–Crippen MR) is 59.4 cm³/mol. The van der Waals surface area contributed by atoms with E-state index in [4.69, 9.17) is 11.6 Å². The Kier molecular flexibility index (Phi) is 4.27. The monoisotopic (exact) mass is 227 g/mol. The Hall–Kier alpha value is -0.900. The summed E-state index contributed by atoms with van der Waals surface area (Å²) in [6.07, 6.45) is 0. The van der Waals surface area contributed by atoms with E-state index in [2.05, 4.69) is 0 Å². The van der Waals surface area contributed by atoms with E-state index >= 15 is 0 Å². The van der Waals surface area contributed by atoms with Crippen molar-refractivity contribution in [2.24, 2.45) is 0 Å². The minimum absolute atomic E-state index is 0.0403. The first-order chi connectivity index (χ1) is 7.02. The molecule has 0 spiro atoms. The summed E-state index contributed by atoms with van der Waals surface area (Å²) < 4.78 is 0. The third-order valence-corrected chi connectivity index (χ3v) is 2.41. The van der Waals surface area contributed by atoms with E-state index in [9.17, 15) is 10.0 Å². The number of carbonyl (C=O) groups excluding carboxylic acids is 1. The zero-order valence-corrected chi connectivity index (χ0v) is 9.53. The standard InChI is InChI=1S/C11H14ClNO2/c1-8(2)13(15)7-11(14)9-5-3-4-6-10(9)12/h3-6,8,15H,7H2,1-2H3.